The third-order valence-electron chi connectivity index (χ3n) is 3.26. The zero-order valence-corrected chi connectivity index (χ0v) is 12.7. The molecule has 0 fully saturated rings. The van der Waals surface area contributed by atoms with Crippen molar-refractivity contribution in [2.24, 2.45) is 0 Å². The maximum absolute atomic E-state index is 11.9. The topological polar surface area (TPSA) is 45.5 Å². The SMILES string of the molecule is CCN(CC)CCNC(=O)c1cc2ccccc2o1.Cl. The first kappa shape index (κ1) is 16.5. The summed E-state index contributed by atoms with van der Waals surface area (Å²) in [6.07, 6.45) is 0. The van der Waals surface area contributed by atoms with Crippen molar-refractivity contribution in [3.8, 4) is 0 Å². The van der Waals surface area contributed by atoms with Crippen LogP contribution in [-0.2, 0) is 0 Å². The Bertz CT molecular complexity index is 517. The summed E-state index contributed by atoms with van der Waals surface area (Å²) in [5, 5.41) is 3.84. The van der Waals surface area contributed by atoms with Gasteiger partial charge in [0, 0.05) is 18.5 Å². The van der Waals surface area contributed by atoms with Crippen LogP contribution >= 0.6 is 12.4 Å². The number of hydrogen-bond donors (Lipinski definition) is 1. The molecule has 1 amide bonds. The summed E-state index contributed by atoms with van der Waals surface area (Å²) in [5.74, 6) is 0.226. The first-order chi connectivity index (χ1) is 9.24. The lowest BCUT2D eigenvalue weighted by Gasteiger charge is -2.17. The van der Waals surface area contributed by atoms with Crippen LogP contribution in [0.15, 0.2) is 34.7 Å². The molecular weight excluding hydrogens is 276 g/mol. The number of benzene rings is 1. The van der Waals surface area contributed by atoms with Crippen LogP contribution in [-0.4, -0.2) is 37.0 Å². The summed E-state index contributed by atoms with van der Waals surface area (Å²) in [4.78, 5) is 14.2. The van der Waals surface area contributed by atoms with Crippen molar-refractivity contribution in [1.29, 1.82) is 0 Å². The molecule has 20 heavy (non-hydrogen) atoms. The number of nitrogens with one attached hydrogen (secondary N) is 1. The molecule has 0 bridgehead atoms. The van der Waals surface area contributed by atoms with Crippen LogP contribution in [0.2, 0.25) is 0 Å². The molecule has 0 saturated carbocycles. The van der Waals surface area contributed by atoms with Gasteiger partial charge >= 0.3 is 0 Å². The highest BCUT2D eigenvalue weighted by atomic mass is 35.5. The number of fused-ring (bicyclic) bond motifs is 1. The summed E-state index contributed by atoms with van der Waals surface area (Å²) in [5.41, 5.74) is 0.747. The maximum atomic E-state index is 11.9. The Morgan fingerprint density at radius 1 is 1.25 bits per heavy atom. The number of carbonyl (C=O) groups excluding carboxylic acids is 1. The Morgan fingerprint density at radius 2 is 1.95 bits per heavy atom. The molecular formula is C15H21ClN2O2. The fourth-order valence-electron chi connectivity index (χ4n) is 2.05. The number of furan rings is 1. The van der Waals surface area contributed by atoms with Crippen molar-refractivity contribution >= 4 is 29.3 Å². The van der Waals surface area contributed by atoms with Crippen LogP contribution in [0.1, 0.15) is 24.4 Å². The van der Waals surface area contributed by atoms with Crippen molar-refractivity contribution in [2.45, 2.75) is 13.8 Å². The lowest BCUT2D eigenvalue weighted by Crippen LogP contribution is -2.34. The number of rotatable bonds is 6. The molecule has 2 aromatic rings. The van der Waals surface area contributed by atoms with Crippen molar-refractivity contribution in [1.82, 2.24) is 10.2 Å². The second-order valence-corrected chi connectivity index (χ2v) is 4.43. The van der Waals surface area contributed by atoms with Crippen LogP contribution in [0.5, 0.6) is 0 Å². The van der Waals surface area contributed by atoms with E-state index in [-0.39, 0.29) is 18.3 Å². The standard InChI is InChI=1S/C15H20N2O2.ClH/c1-3-17(4-2)10-9-16-15(18)14-11-12-7-5-6-8-13(12)19-14;/h5-8,11H,3-4,9-10H2,1-2H3,(H,16,18);1H. The molecule has 1 N–H and O–H groups in total. The Hall–Kier alpha value is -1.52. The third kappa shape index (κ3) is 3.99. The summed E-state index contributed by atoms with van der Waals surface area (Å²) in [7, 11) is 0. The van der Waals surface area contributed by atoms with Gasteiger partial charge in [-0.15, -0.1) is 12.4 Å². The Kier molecular flexibility index (Phi) is 6.55. The minimum absolute atomic E-state index is 0. The molecule has 0 aliphatic rings. The summed E-state index contributed by atoms with van der Waals surface area (Å²) < 4.78 is 5.51. The summed E-state index contributed by atoms with van der Waals surface area (Å²) in [6.45, 7) is 7.72. The Morgan fingerprint density at radius 3 is 2.60 bits per heavy atom. The van der Waals surface area contributed by atoms with Crippen LogP contribution in [0.3, 0.4) is 0 Å². The van der Waals surface area contributed by atoms with Crippen LogP contribution in [0, 0.1) is 0 Å². The van der Waals surface area contributed by atoms with Gasteiger partial charge in [-0.1, -0.05) is 32.0 Å². The monoisotopic (exact) mass is 296 g/mol. The van der Waals surface area contributed by atoms with Gasteiger partial charge in [-0.05, 0) is 25.2 Å². The summed E-state index contributed by atoms with van der Waals surface area (Å²) >= 11 is 0. The number of nitrogens with zero attached hydrogens (tertiary/aromatic N) is 1. The van der Waals surface area contributed by atoms with Crippen molar-refractivity contribution in [2.75, 3.05) is 26.2 Å². The molecule has 110 valence electrons. The quantitative estimate of drug-likeness (QED) is 0.891. The van der Waals surface area contributed by atoms with E-state index in [1.807, 2.05) is 24.3 Å². The van der Waals surface area contributed by atoms with Crippen molar-refractivity contribution in [3.63, 3.8) is 0 Å². The van der Waals surface area contributed by atoms with Crippen LogP contribution in [0.25, 0.3) is 11.0 Å². The molecule has 1 aromatic carbocycles. The predicted molar refractivity (Wildman–Crippen MR) is 83.6 cm³/mol. The normalized spacial score (nSPS) is 10.6. The third-order valence-corrected chi connectivity index (χ3v) is 3.26. The number of halogens is 1. The van der Waals surface area contributed by atoms with Gasteiger partial charge in [0.2, 0.25) is 0 Å². The number of para-hydroxylation sites is 1. The predicted octanol–water partition coefficient (Wildman–Crippen LogP) is 2.93. The van der Waals surface area contributed by atoms with Gasteiger partial charge in [0.05, 0.1) is 0 Å². The highest BCUT2D eigenvalue weighted by molar-refractivity contribution is 5.96. The Balaban J connectivity index is 0.00000200. The molecule has 0 unspecified atom stereocenters. The molecule has 4 nitrogen and oxygen atoms in total. The molecule has 0 radical (unpaired) electrons. The van der Waals surface area contributed by atoms with E-state index in [0.717, 1.165) is 30.6 Å². The number of amides is 1. The van der Waals surface area contributed by atoms with E-state index in [4.69, 9.17) is 4.42 Å². The smallest absolute Gasteiger partial charge is 0.287 e. The first-order valence-corrected chi connectivity index (χ1v) is 6.73. The Labute approximate surface area is 125 Å². The molecule has 0 saturated heterocycles. The van der Waals surface area contributed by atoms with Gasteiger partial charge in [0.1, 0.15) is 5.58 Å². The number of likely N-dealkylation sites (N-methyl/N-ethyl adjacent to an activating group) is 1. The largest absolute Gasteiger partial charge is 0.451 e. The van der Waals surface area contributed by atoms with Gasteiger partial charge in [0.25, 0.3) is 5.91 Å². The van der Waals surface area contributed by atoms with Crippen LogP contribution in [0.4, 0.5) is 0 Å². The molecule has 0 spiro atoms. The average molecular weight is 297 g/mol. The van der Waals surface area contributed by atoms with Gasteiger partial charge in [-0.25, -0.2) is 0 Å². The lowest BCUT2D eigenvalue weighted by molar-refractivity contribution is 0.0923. The van der Waals surface area contributed by atoms with Crippen molar-refractivity contribution in [3.05, 3.63) is 36.1 Å². The van der Waals surface area contributed by atoms with E-state index in [1.165, 1.54) is 0 Å². The minimum Gasteiger partial charge on any atom is -0.451 e. The molecule has 1 aromatic heterocycles. The van der Waals surface area contributed by atoms with Gasteiger partial charge in [-0.3, -0.25) is 4.79 Å². The second-order valence-electron chi connectivity index (χ2n) is 4.43. The highest BCUT2D eigenvalue weighted by Crippen LogP contribution is 2.18. The molecule has 5 heteroatoms. The van der Waals surface area contributed by atoms with Gasteiger partial charge < -0.3 is 14.6 Å². The lowest BCUT2D eigenvalue weighted by atomic mass is 10.2. The molecule has 0 atom stereocenters. The second kappa shape index (κ2) is 7.92. The van der Waals surface area contributed by atoms with E-state index in [9.17, 15) is 4.79 Å². The minimum atomic E-state index is -0.150. The zero-order chi connectivity index (χ0) is 13.7. The molecule has 0 aliphatic heterocycles. The van der Waals surface area contributed by atoms with Crippen molar-refractivity contribution < 1.29 is 9.21 Å². The molecule has 0 aliphatic carbocycles. The van der Waals surface area contributed by atoms with E-state index in [2.05, 4.69) is 24.1 Å². The fraction of sp³-hybridized carbons (Fsp3) is 0.400. The van der Waals surface area contributed by atoms with E-state index in [1.54, 1.807) is 6.07 Å². The highest BCUT2D eigenvalue weighted by Gasteiger charge is 2.11. The first-order valence-electron chi connectivity index (χ1n) is 6.73. The zero-order valence-electron chi connectivity index (χ0n) is 11.9. The fourth-order valence-corrected chi connectivity index (χ4v) is 2.05. The van der Waals surface area contributed by atoms with Gasteiger partial charge in [-0.2, -0.15) is 0 Å². The number of carbonyl (C=O) groups is 1. The average Bonchev–Trinajstić information content (AvgIpc) is 2.87. The van der Waals surface area contributed by atoms with Crippen LogP contribution < -0.4 is 5.32 Å². The van der Waals surface area contributed by atoms with E-state index >= 15 is 0 Å². The van der Waals surface area contributed by atoms with E-state index < -0.39 is 0 Å². The van der Waals surface area contributed by atoms with Gasteiger partial charge in [0.15, 0.2) is 5.76 Å². The number of hydrogen-bond acceptors (Lipinski definition) is 3. The summed E-state index contributed by atoms with van der Waals surface area (Å²) in [6, 6.07) is 9.41. The maximum Gasteiger partial charge on any atom is 0.287 e. The molecule has 2 rings (SSSR count). The molecule has 1 heterocycles. The van der Waals surface area contributed by atoms with E-state index in [0.29, 0.717) is 12.3 Å².